The highest BCUT2D eigenvalue weighted by Gasteiger charge is 2.35. The van der Waals surface area contributed by atoms with Crippen LogP contribution in [0.1, 0.15) is 73.9 Å². The predicted molar refractivity (Wildman–Crippen MR) is 441 cm³/mol. The van der Waals surface area contributed by atoms with Crippen molar-refractivity contribution in [2.75, 3.05) is 98.8 Å². The number of carbonyl (C=O) groups is 11. The number of nitrogens with zero attached hydrogens (tertiary/aromatic N) is 8. The minimum absolute atomic E-state index is 0.0217. The minimum atomic E-state index is -1.78. The van der Waals surface area contributed by atoms with E-state index in [-0.39, 0.29) is 88.3 Å². The summed E-state index contributed by atoms with van der Waals surface area (Å²) in [6.07, 6.45) is 0.931. The molecule has 5 aromatic carbocycles. The molecule has 0 radical (unpaired) electrons. The van der Waals surface area contributed by atoms with Gasteiger partial charge in [0.25, 0.3) is 11.8 Å². The van der Waals surface area contributed by atoms with Crippen molar-refractivity contribution in [2.24, 2.45) is 11.7 Å². The van der Waals surface area contributed by atoms with Crippen molar-refractivity contribution in [3.63, 3.8) is 0 Å². The van der Waals surface area contributed by atoms with Crippen LogP contribution in [0, 0.1) is 18.7 Å². The zero-order valence-corrected chi connectivity index (χ0v) is 68.9. The fourth-order valence-corrected chi connectivity index (χ4v) is 14.9. The number of nitrogens with two attached hydrogens (primary N) is 1. The number of rotatable bonds is 43. The first-order valence-corrected chi connectivity index (χ1v) is 40.0. The van der Waals surface area contributed by atoms with Gasteiger partial charge in [-0.25, -0.2) is 43.5 Å². The van der Waals surface area contributed by atoms with Gasteiger partial charge < -0.3 is 85.4 Å². The number of alkyl carbamates (subject to hydrolysis) is 1. The van der Waals surface area contributed by atoms with Crippen LogP contribution in [0.25, 0.3) is 43.2 Å². The van der Waals surface area contributed by atoms with E-state index in [4.69, 9.17) is 55.8 Å². The summed E-state index contributed by atoms with van der Waals surface area (Å²) in [7, 11) is 5.06. The molecule has 3 unspecified atom stereocenters. The lowest BCUT2D eigenvalue weighted by atomic mass is 9.96. The Morgan fingerprint density at radius 1 is 0.752 bits per heavy atom. The van der Waals surface area contributed by atoms with Gasteiger partial charge >= 0.3 is 30.0 Å². The number of piperazine rings is 1. The molecule has 10 rings (SSSR count). The highest BCUT2D eigenvalue weighted by molar-refractivity contribution is 7.22. The van der Waals surface area contributed by atoms with Gasteiger partial charge in [-0.1, -0.05) is 80.0 Å². The standard InChI is InChI=1S/C84H94ClFN14O20S/c1-49(2)74(96-66(101)28-38-116-40-35-99-67(102)25-26-68(99)103)78(108)94-60(14-11-30-89-83(87)113)77(107)93-56-22-19-53(54(42-56)45-97(4)69(104)44-61(81(109)110)95-84(114)118-39-29-70(105)106)46-100(5)36-32-98(33-37-100)34-41-117-64-24-23-58(50(3)73(64)85)71-72-79(90-48-91-80(72)121-75(71)51-17-20-55(86)21-18-51)120-65(82(111)112)43-52-12-7-9-15-62(52)119-47-57-27-31-88-76(92-57)59-13-8-10-16-63(59)115-6/h7-10,12-13,15-27,31,42,48-49,60-61,65,74H,11,14,28-30,32-41,43-47H2,1-6H3,(H9-,87,89,93,94,95,96,101,105,106,107,108,109,110,111,112,113,114)/p+1/t60?,61?,65-,74?/m1/s1. The second-order valence-electron chi connectivity index (χ2n) is 29.3. The Labute approximate surface area is 704 Å². The van der Waals surface area contributed by atoms with Gasteiger partial charge in [-0.15, -0.1) is 11.3 Å². The van der Waals surface area contributed by atoms with E-state index in [9.17, 15) is 67.3 Å². The largest absolute Gasteiger partial charge is 0.496 e. The number of likely N-dealkylation sites (N-methyl/N-ethyl adjacent to an activating group) is 1. The number of imide groups is 1. The number of aromatic nitrogens is 4. The quantitative estimate of drug-likeness (QED) is 0.00994. The topological polar surface area (TPSA) is 451 Å². The summed E-state index contributed by atoms with van der Waals surface area (Å²) in [6.45, 7) is 7.88. The molecule has 1 fully saturated rings. The smallest absolute Gasteiger partial charge is 0.407 e. The number of carboxylic acid groups (broad SMARTS) is 3. The van der Waals surface area contributed by atoms with Gasteiger partial charge in [0.2, 0.25) is 35.6 Å². The van der Waals surface area contributed by atoms with Crippen molar-refractivity contribution < 1.29 is 105 Å². The molecule has 8 aromatic rings. The number of para-hydroxylation sites is 2. The average molecular weight is 1710 g/mol. The molecule has 5 heterocycles. The number of aliphatic carboxylic acids is 3. The number of urea groups is 1. The van der Waals surface area contributed by atoms with E-state index < -0.39 is 121 Å². The van der Waals surface area contributed by atoms with Gasteiger partial charge in [-0.3, -0.25) is 43.4 Å². The Kier molecular flexibility index (Phi) is 32.0. The molecule has 1 saturated heterocycles. The Morgan fingerprint density at radius 3 is 2.18 bits per heavy atom. The summed E-state index contributed by atoms with van der Waals surface area (Å²) < 4.78 is 50.2. The molecule has 2 aliphatic heterocycles. The molecule has 37 heteroatoms. The van der Waals surface area contributed by atoms with Crippen LogP contribution in [0.2, 0.25) is 5.02 Å². The van der Waals surface area contributed by atoms with Crippen LogP contribution < -0.4 is 51.3 Å². The molecule has 640 valence electrons. The van der Waals surface area contributed by atoms with E-state index >= 15 is 0 Å². The van der Waals surface area contributed by atoms with Crippen molar-refractivity contribution in [3.05, 3.63) is 173 Å². The third kappa shape index (κ3) is 25.2. The fraction of sp³-hybridized carbons (Fsp3) is 0.369. The summed E-state index contributed by atoms with van der Waals surface area (Å²) in [5.41, 5.74) is 11.0. The highest BCUT2D eigenvalue weighted by Crippen LogP contribution is 2.50. The summed E-state index contributed by atoms with van der Waals surface area (Å²) >= 11 is 8.58. The van der Waals surface area contributed by atoms with Crippen LogP contribution >= 0.6 is 22.9 Å². The monoisotopic (exact) mass is 1710 g/mol. The van der Waals surface area contributed by atoms with E-state index in [2.05, 4.69) is 53.5 Å². The molecule has 3 aromatic heterocycles. The van der Waals surface area contributed by atoms with Crippen molar-refractivity contribution in [1.29, 1.82) is 0 Å². The van der Waals surface area contributed by atoms with Gasteiger partial charge in [-0.2, -0.15) is 0 Å². The SMILES string of the molecule is COc1ccccc1-c1nccc(COc2ccccc2C[C@@H](Oc2ncnc3sc(-c4ccc(F)cc4)c(-c4ccc(OCCN5CC[N+](C)(Cc6ccc(NC(=O)C(CCCNC(N)=O)NC(=O)C(NC(=O)CCOCCN7C(=O)C=CC7=O)C(C)C)cc6CN(C)C(=O)CC(NC(=O)OCCC(=O)O)C(=O)O)CC5)c(Cl)c4C)c23)C(=O)O)n1. The van der Waals surface area contributed by atoms with Crippen LogP contribution in [0.4, 0.5) is 19.7 Å². The highest BCUT2D eigenvalue weighted by atomic mass is 35.5. The normalized spacial score (nSPS) is 14.1. The number of amides is 9. The summed E-state index contributed by atoms with van der Waals surface area (Å²) in [6, 6.07) is 25.7. The van der Waals surface area contributed by atoms with E-state index in [0.29, 0.717) is 127 Å². The minimum Gasteiger partial charge on any atom is -0.496 e. The molecule has 10 N–H and O–H groups in total. The molecule has 9 amide bonds. The lowest BCUT2D eigenvalue weighted by Crippen LogP contribution is -2.57. The lowest BCUT2D eigenvalue weighted by molar-refractivity contribution is -0.926. The van der Waals surface area contributed by atoms with Crippen molar-refractivity contribution in [3.8, 4) is 56.1 Å². The lowest BCUT2D eigenvalue weighted by Gasteiger charge is -2.42. The first-order chi connectivity index (χ1) is 57.9. The van der Waals surface area contributed by atoms with Crippen molar-refractivity contribution in [2.45, 2.75) is 103 Å². The summed E-state index contributed by atoms with van der Waals surface area (Å²) in [5, 5.41) is 43.5. The zero-order valence-electron chi connectivity index (χ0n) is 67.3. The molecule has 0 spiro atoms. The summed E-state index contributed by atoms with van der Waals surface area (Å²) in [4.78, 5) is 164. The number of primary amides is 1. The molecule has 0 saturated carbocycles. The van der Waals surface area contributed by atoms with E-state index in [1.54, 1.807) is 93.9 Å². The Hall–Kier alpha value is -12.8. The molecule has 0 aliphatic carbocycles. The second kappa shape index (κ2) is 42.8. The number of nitrogens with one attached hydrogen (secondary N) is 5. The molecule has 2 aliphatic rings. The van der Waals surface area contributed by atoms with Crippen LogP contribution in [-0.4, -0.2) is 238 Å². The number of carbonyl (C=O) groups excluding carboxylic acids is 8. The van der Waals surface area contributed by atoms with Crippen molar-refractivity contribution >= 4 is 104 Å². The molecule has 4 atom stereocenters. The number of carboxylic acids is 3. The van der Waals surface area contributed by atoms with Crippen LogP contribution in [0.3, 0.4) is 0 Å². The van der Waals surface area contributed by atoms with E-state index in [1.165, 1.54) is 41.7 Å². The first kappa shape index (κ1) is 90.6. The first-order valence-electron chi connectivity index (χ1n) is 38.8. The van der Waals surface area contributed by atoms with Crippen molar-refractivity contribution in [1.82, 2.24) is 55.9 Å². The molecular formula is C84H95ClFN14O20S+. The summed E-state index contributed by atoms with van der Waals surface area (Å²) in [5.74, 6) is -6.96. The number of hydrogen-bond donors (Lipinski definition) is 9. The second-order valence-corrected chi connectivity index (χ2v) is 30.7. The fourth-order valence-electron chi connectivity index (χ4n) is 13.5. The number of thiophene rings is 1. The Balaban J connectivity index is 0.822. The van der Waals surface area contributed by atoms with E-state index in [0.717, 1.165) is 22.6 Å². The van der Waals surface area contributed by atoms with Gasteiger partial charge in [0.05, 0.1) is 81.5 Å². The van der Waals surface area contributed by atoms with Crippen LogP contribution in [0.15, 0.2) is 134 Å². The number of fused-ring (bicyclic) bond motifs is 1. The van der Waals surface area contributed by atoms with Crippen LogP contribution in [-0.2, 0) is 78.7 Å². The number of halogens is 2. The third-order valence-electron chi connectivity index (χ3n) is 20.2. The Morgan fingerprint density at radius 2 is 1.48 bits per heavy atom. The van der Waals surface area contributed by atoms with E-state index in [1.807, 2.05) is 37.3 Å². The number of anilines is 1. The third-order valence-corrected chi connectivity index (χ3v) is 21.8. The number of ether oxygens (including phenoxy) is 6. The predicted octanol–water partition coefficient (Wildman–Crippen LogP) is 7.93. The van der Waals surface area contributed by atoms with Gasteiger partial charge in [0, 0.05) is 92.7 Å². The van der Waals surface area contributed by atoms with Gasteiger partial charge in [-0.05, 0) is 108 Å². The molecular weight excluding hydrogens is 1610 g/mol. The number of methoxy groups -OCH3 is 1. The molecule has 0 bridgehead atoms. The maximum atomic E-state index is 14.6. The van der Waals surface area contributed by atoms with Gasteiger partial charge in [0.1, 0.15) is 78.7 Å². The maximum Gasteiger partial charge on any atom is 0.407 e. The van der Waals surface area contributed by atoms with Gasteiger partial charge in [0.15, 0.2) is 5.82 Å². The number of hydrogen-bond acceptors (Lipinski definition) is 23. The zero-order chi connectivity index (χ0) is 87.0. The average Bonchev–Trinajstić information content (AvgIpc) is 1.61. The number of quaternary nitrogens is 1. The maximum absolute atomic E-state index is 14.6. The molecule has 34 nitrogen and oxygen atoms in total. The number of benzene rings is 5. The molecule has 121 heavy (non-hydrogen) atoms. The van der Waals surface area contributed by atoms with Crippen LogP contribution in [0.5, 0.6) is 23.1 Å². The Bertz CT molecular complexity index is 5130.